The molecule has 32 heavy (non-hydrogen) atoms. The van der Waals surface area contributed by atoms with E-state index in [0.29, 0.717) is 45.6 Å². The van der Waals surface area contributed by atoms with E-state index in [1.54, 1.807) is 9.80 Å². The molecule has 7 nitrogen and oxygen atoms in total. The Morgan fingerprint density at radius 2 is 1.59 bits per heavy atom. The van der Waals surface area contributed by atoms with Crippen LogP contribution in [-0.2, 0) is 20.9 Å². The SMILES string of the molecule is Cc1ccc(CN2C(=O)CCC2C(=O)N2CC3CC(CN(C(=O)OC(C)(C)C)C3)C2)cc1. The van der Waals surface area contributed by atoms with Crippen molar-refractivity contribution in [3.05, 3.63) is 35.4 Å². The number of carbonyl (C=O) groups is 3. The van der Waals surface area contributed by atoms with Crippen molar-refractivity contribution in [3.8, 4) is 0 Å². The molecule has 7 heteroatoms. The van der Waals surface area contributed by atoms with Crippen LogP contribution in [0.25, 0.3) is 0 Å². The molecule has 1 aromatic carbocycles. The summed E-state index contributed by atoms with van der Waals surface area (Å²) < 4.78 is 5.55. The van der Waals surface area contributed by atoms with Crippen molar-refractivity contribution in [2.75, 3.05) is 26.2 Å². The number of rotatable bonds is 3. The number of aryl methyl sites for hydroxylation is 1. The van der Waals surface area contributed by atoms with Gasteiger partial charge in [0.15, 0.2) is 0 Å². The van der Waals surface area contributed by atoms with E-state index in [1.807, 2.05) is 56.9 Å². The van der Waals surface area contributed by atoms with Gasteiger partial charge in [-0.25, -0.2) is 4.79 Å². The number of benzene rings is 1. The largest absolute Gasteiger partial charge is 0.444 e. The van der Waals surface area contributed by atoms with Gasteiger partial charge in [0.2, 0.25) is 11.8 Å². The molecule has 0 N–H and O–H groups in total. The molecule has 3 saturated heterocycles. The molecule has 0 saturated carbocycles. The molecule has 0 radical (unpaired) electrons. The molecule has 0 aromatic heterocycles. The van der Waals surface area contributed by atoms with E-state index in [1.165, 1.54) is 5.56 Å². The third-order valence-corrected chi connectivity index (χ3v) is 6.63. The van der Waals surface area contributed by atoms with Gasteiger partial charge in [-0.05, 0) is 57.9 Å². The van der Waals surface area contributed by atoms with Gasteiger partial charge in [-0.1, -0.05) is 29.8 Å². The Labute approximate surface area is 190 Å². The number of fused-ring (bicyclic) bond motifs is 2. The lowest BCUT2D eigenvalue weighted by Gasteiger charge is -2.46. The maximum Gasteiger partial charge on any atom is 0.410 e. The molecule has 3 aliphatic heterocycles. The topological polar surface area (TPSA) is 70.2 Å². The predicted molar refractivity (Wildman–Crippen MR) is 121 cm³/mol. The molecule has 4 rings (SSSR count). The van der Waals surface area contributed by atoms with Crippen LogP contribution in [0.2, 0.25) is 0 Å². The van der Waals surface area contributed by atoms with Gasteiger partial charge in [0, 0.05) is 39.1 Å². The molecule has 3 heterocycles. The first-order valence-corrected chi connectivity index (χ1v) is 11.7. The molecule has 3 unspecified atom stereocenters. The fourth-order valence-electron chi connectivity index (χ4n) is 5.23. The van der Waals surface area contributed by atoms with Crippen molar-refractivity contribution in [2.24, 2.45) is 11.8 Å². The average Bonchev–Trinajstić information content (AvgIpc) is 3.07. The van der Waals surface area contributed by atoms with Gasteiger partial charge in [0.25, 0.3) is 0 Å². The summed E-state index contributed by atoms with van der Waals surface area (Å²) in [5.74, 6) is 0.615. The van der Waals surface area contributed by atoms with Crippen LogP contribution in [0.15, 0.2) is 24.3 Å². The van der Waals surface area contributed by atoms with Gasteiger partial charge < -0.3 is 19.4 Å². The van der Waals surface area contributed by atoms with Crippen LogP contribution < -0.4 is 0 Å². The highest BCUT2D eigenvalue weighted by atomic mass is 16.6. The summed E-state index contributed by atoms with van der Waals surface area (Å²) >= 11 is 0. The Bertz CT molecular complexity index is 862. The van der Waals surface area contributed by atoms with Crippen molar-refractivity contribution in [1.82, 2.24) is 14.7 Å². The fourth-order valence-corrected chi connectivity index (χ4v) is 5.23. The predicted octanol–water partition coefficient (Wildman–Crippen LogP) is 3.20. The van der Waals surface area contributed by atoms with Crippen molar-refractivity contribution in [1.29, 1.82) is 0 Å². The second kappa shape index (κ2) is 8.75. The first-order valence-electron chi connectivity index (χ1n) is 11.7. The number of carbonyl (C=O) groups excluding carboxylic acids is 3. The number of ether oxygens (including phenoxy) is 1. The molecule has 1 aromatic rings. The molecule has 3 atom stereocenters. The maximum atomic E-state index is 13.5. The molecule has 3 amide bonds. The lowest BCUT2D eigenvalue weighted by Crippen LogP contribution is -2.58. The van der Waals surface area contributed by atoms with Gasteiger partial charge in [-0.15, -0.1) is 0 Å². The molecular formula is C25H35N3O4. The van der Waals surface area contributed by atoms with Gasteiger partial charge in [-0.2, -0.15) is 0 Å². The minimum atomic E-state index is -0.512. The summed E-state index contributed by atoms with van der Waals surface area (Å²) in [5.41, 5.74) is 1.71. The monoisotopic (exact) mass is 441 g/mol. The third-order valence-electron chi connectivity index (χ3n) is 6.63. The third kappa shape index (κ3) is 5.08. The summed E-state index contributed by atoms with van der Waals surface area (Å²) in [6.07, 6.45) is 1.77. The van der Waals surface area contributed by atoms with Crippen LogP contribution in [0.1, 0.15) is 51.2 Å². The summed E-state index contributed by atoms with van der Waals surface area (Å²) in [5, 5.41) is 0. The second-order valence-electron chi connectivity index (χ2n) is 10.7. The van der Waals surface area contributed by atoms with Crippen molar-refractivity contribution in [3.63, 3.8) is 0 Å². The molecule has 2 bridgehead atoms. The molecule has 0 aliphatic carbocycles. The van der Waals surface area contributed by atoms with Gasteiger partial charge in [-0.3, -0.25) is 9.59 Å². The number of hydrogen-bond donors (Lipinski definition) is 0. The Hall–Kier alpha value is -2.57. The lowest BCUT2D eigenvalue weighted by molar-refractivity contribution is -0.145. The first-order chi connectivity index (χ1) is 15.1. The average molecular weight is 442 g/mol. The summed E-state index contributed by atoms with van der Waals surface area (Å²) in [4.78, 5) is 44.0. The summed E-state index contributed by atoms with van der Waals surface area (Å²) in [6, 6.07) is 7.74. The molecule has 174 valence electrons. The lowest BCUT2D eigenvalue weighted by atomic mass is 9.84. The Morgan fingerprint density at radius 1 is 1.00 bits per heavy atom. The maximum absolute atomic E-state index is 13.5. The normalized spacial score (nSPS) is 25.8. The zero-order valence-electron chi connectivity index (χ0n) is 19.7. The number of amides is 3. The van der Waals surface area contributed by atoms with Crippen LogP contribution in [0.4, 0.5) is 4.79 Å². The number of likely N-dealkylation sites (tertiary alicyclic amines) is 3. The molecule has 3 aliphatic rings. The van der Waals surface area contributed by atoms with Gasteiger partial charge in [0.05, 0.1) is 0 Å². The molecule has 0 spiro atoms. The van der Waals surface area contributed by atoms with Gasteiger partial charge >= 0.3 is 6.09 Å². The first kappa shape index (κ1) is 22.6. The number of hydrogen-bond acceptors (Lipinski definition) is 4. The fraction of sp³-hybridized carbons (Fsp3) is 0.640. The Kier molecular flexibility index (Phi) is 6.19. The van der Waals surface area contributed by atoms with Crippen LogP contribution >= 0.6 is 0 Å². The Balaban J connectivity index is 1.39. The standard InChI is InChI=1S/C25H35N3O4/c1-17-5-7-18(8-6-17)16-28-21(9-10-22(28)29)23(30)26-12-19-11-20(13-26)15-27(14-19)24(31)32-25(2,3)4/h5-8,19-21H,9-16H2,1-4H3. The van der Waals surface area contributed by atoms with E-state index in [-0.39, 0.29) is 35.8 Å². The van der Waals surface area contributed by atoms with Crippen LogP contribution in [0, 0.1) is 18.8 Å². The molecule has 3 fully saturated rings. The molecular weight excluding hydrogens is 406 g/mol. The van der Waals surface area contributed by atoms with Crippen LogP contribution in [0.3, 0.4) is 0 Å². The zero-order valence-corrected chi connectivity index (χ0v) is 19.7. The van der Waals surface area contributed by atoms with E-state index in [2.05, 4.69) is 0 Å². The van der Waals surface area contributed by atoms with Crippen LogP contribution in [-0.4, -0.2) is 70.4 Å². The summed E-state index contributed by atoms with van der Waals surface area (Å²) in [7, 11) is 0. The van der Waals surface area contributed by atoms with Gasteiger partial charge in [0.1, 0.15) is 11.6 Å². The highest BCUT2D eigenvalue weighted by Crippen LogP contribution is 2.32. The van der Waals surface area contributed by atoms with Crippen LogP contribution in [0.5, 0.6) is 0 Å². The van der Waals surface area contributed by atoms with E-state index in [0.717, 1.165) is 12.0 Å². The minimum Gasteiger partial charge on any atom is -0.444 e. The number of piperidine rings is 2. The second-order valence-corrected chi connectivity index (χ2v) is 10.7. The van der Waals surface area contributed by atoms with E-state index in [9.17, 15) is 14.4 Å². The number of nitrogens with zero attached hydrogens (tertiary/aromatic N) is 3. The zero-order chi connectivity index (χ0) is 23.0. The Morgan fingerprint density at radius 3 is 2.19 bits per heavy atom. The van der Waals surface area contributed by atoms with Crippen molar-refractivity contribution >= 4 is 17.9 Å². The smallest absolute Gasteiger partial charge is 0.410 e. The highest BCUT2D eigenvalue weighted by Gasteiger charge is 2.43. The van der Waals surface area contributed by atoms with E-state index in [4.69, 9.17) is 4.74 Å². The van der Waals surface area contributed by atoms with Crippen molar-refractivity contribution < 1.29 is 19.1 Å². The highest BCUT2D eigenvalue weighted by molar-refractivity contribution is 5.91. The van der Waals surface area contributed by atoms with Crippen molar-refractivity contribution in [2.45, 2.75) is 65.1 Å². The van der Waals surface area contributed by atoms with E-state index < -0.39 is 5.60 Å². The quantitative estimate of drug-likeness (QED) is 0.722. The van der Waals surface area contributed by atoms with E-state index >= 15 is 0 Å². The summed E-state index contributed by atoms with van der Waals surface area (Å²) in [6.45, 7) is 10.6. The minimum absolute atomic E-state index is 0.0530.